The average Bonchev–Trinajstić information content (AvgIpc) is 3.11. The molecule has 0 radical (unpaired) electrons. The molecular formula is C21H21N7O. The molecule has 0 unspecified atom stereocenters. The Morgan fingerprint density at radius 1 is 1.00 bits per heavy atom. The SMILES string of the molecule is Cc1cc(C)nc(Nc2cccc(C(=O)N[C@@H](C)c3nnc4ccccn34)c2)n1. The highest BCUT2D eigenvalue weighted by Crippen LogP contribution is 2.17. The number of anilines is 2. The number of pyridine rings is 1. The number of benzene rings is 1. The number of rotatable bonds is 5. The topological polar surface area (TPSA) is 97.1 Å². The normalized spacial score (nSPS) is 12.0. The Morgan fingerprint density at radius 2 is 1.79 bits per heavy atom. The van der Waals surface area contributed by atoms with E-state index in [9.17, 15) is 4.79 Å². The number of hydrogen-bond donors (Lipinski definition) is 2. The Balaban J connectivity index is 1.51. The van der Waals surface area contributed by atoms with Crippen LogP contribution >= 0.6 is 0 Å². The summed E-state index contributed by atoms with van der Waals surface area (Å²) in [5.74, 6) is 0.977. The van der Waals surface area contributed by atoms with Crippen molar-refractivity contribution in [2.45, 2.75) is 26.8 Å². The Hall–Kier alpha value is -3.81. The van der Waals surface area contributed by atoms with Gasteiger partial charge in [-0.1, -0.05) is 12.1 Å². The maximum absolute atomic E-state index is 12.8. The van der Waals surface area contributed by atoms with E-state index >= 15 is 0 Å². The Kier molecular flexibility index (Phi) is 4.90. The van der Waals surface area contributed by atoms with Crippen LogP contribution in [0.15, 0.2) is 54.7 Å². The van der Waals surface area contributed by atoms with E-state index in [2.05, 4.69) is 30.8 Å². The van der Waals surface area contributed by atoms with Crippen LogP contribution in [-0.2, 0) is 0 Å². The first kappa shape index (κ1) is 18.5. The summed E-state index contributed by atoms with van der Waals surface area (Å²) in [6.45, 7) is 5.71. The van der Waals surface area contributed by atoms with Gasteiger partial charge in [0, 0.05) is 28.8 Å². The highest BCUT2D eigenvalue weighted by atomic mass is 16.1. The predicted molar refractivity (Wildman–Crippen MR) is 110 cm³/mol. The van der Waals surface area contributed by atoms with Gasteiger partial charge in [-0.2, -0.15) is 0 Å². The molecule has 1 aromatic carbocycles. The quantitative estimate of drug-likeness (QED) is 0.545. The summed E-state index contributed by atoms with van der Waals surface area (Å²) in [4.78, 5) is 21.5. The van der Waals surface area contributed by atoms with Crippen LogP contribution in [-0.4, -0.2) is 30.5 Å². The van der Waals surface area contributed by atoms with Crippen LogP contribution in [0.25, 0.3) is 5.65 Å². The molecule has 29 heavy (non-hydrogen) atoms. The molecule has 8 nitrogen and oxygen atoms in total. The monoisotopic (exact) mass is 387 g/mol. The number of nitrogens with one attached hydrogen (secondary N) is 2. The van der Waals surface area contributed by atoms with Crippen LogP contribution in [0.1, 0.15) is 40.5 Å². The molecule has 0 aliphatic rings. The molecule has 3 heterocycles. The number of fused-ring (bicyclic) bond motifs is 1. The zero-order valence-electron chi connectivity index (χ0n) is 16.4. The second kappa shape index (κ2) is 7.67. The van der Waals surface area contributed by atoms with E-state index < -0.39 is 0 Å². The minimum atomic E-state index is -0.306. The lowest BCUT2D eigenvalue weighted by Gasteiger charge is -2.13. The molecule has 1 atom stereocenters. The fourth-order valence-corrected chi connectivity index (χ4v) is 3.15. The molecule has 1 amide bonds. The molecule has 4 rings (SSSR count). The molecule has 0 fully saturated rings. The Bertz CT molecular complexity index is 1160. The summed E-state index contributed by atoms with van der Waals surface area (Å²) >= 11 is 0. The zero-order valence-corrected chi connectivity index (χ0v) is 16.4. The second-order valence-corrected chi connectivity index (χ2v) is 6.86. The third-order valence-corrected chi connectivity index (χ3v) is 4.44. The molecule has 0 saturated carbocycles. The highest BCUT2D eigenvalue weighted by Gasteiger charge is 2.17. The molecule has 2 N–H and O–H groups in total. The maximum atomic E-state index is 12.8. The number of nitrogens with zero attached hydrogens (tertiary/aromatic N) is 5. The van der Waals surface area contributed by atoms with Crippen molar-refractivity contribution < 1.29 is 4.79 Å². The van der Waals surface area contributed by atoms with Gasteiger partial charge in [-0.3, -0.25) is 9.20 Å². The lowest BCUT2D eigenvalue weighted by Crippen LogP contribution is -2.28. The van der Waals surface area contributed by atoms with Gasteiger partial charge in [0.1, 0.15) is 0 Å². The highest BCUT2D eigenvalue weighted by molar-refractivity contribution is 5.95. The summed E-state index contributed by atoms with van der Waals surface area (Å²) in [5, 5.41) is 14.5. The van der Waals surface area contributed by atoms with Crippen molar-refractivity contribution in [1.82, 2.24) is 29.9 Å². The summed E-state index contributed by atoms with van der Waals surface area (Å²) in [7, 11) is 0. The standard InChI is InChI=1S/C21H21N7O/c1-13-11-14(2)23-21(22-13)25-17-8-6-7-16(12-17)20(29)24-15(3)19-27-26-18-9-4-5-10-28(18)19/h4-12,15H,1-3H3,(H,24,29)(H,22,23,25)/t15-/m0/s1. The number of hydrogen-bond acceptors (Lipinski definition) is 6. The zero-order chi connectivity index (χ0) is 20.4. The van der Waals surface area contributed by atoms with Crippen molar-refractivity contribution in [2.24, 2.45) is 0 Å². The minimum Gasteiger partial charge on any atom is -0.342 e. The molecular weight excluding hydrogens is 366 g/mol. The summed E-state index contributed by atoms with van der Waals surface area (Å²) in [6, 6.07) is 14.5. The predicted octanol–water partition coefficient (Wildman–Crippen LogP) is 3.37. The van der Waals surface area contributed by atoms with Crippen LogP contribution in [0.3, 0.4) is 0 Å². The van der Waals surface area contributed by atoms with E-state index in [4.69, 9.17) is 0 Å². The largest absolute Gasteiger partial charge is 0.342 e. The number of aryl methyl sites for hydroxylation is 2. The second-order valence-electron chi connectivity index (χ2n) is 6.86. The number of aromatic nitrogens is 5. The van der Waals surface area contributed by atoms with Crippen molar-refractivity contribution in [3.05, 3.63) is 77.5 Å². The van der Waals surface area contributed by atoms with Crippen molar-refractivity contribution in [3.63, 3.8) is 0 Å². The molecule has 0 bridgehead atoms. The van der Waals surface area contributed by atoms with Gasteiger partial charge >= 0.3 is 0 Å². The first-order valence-corrected chi connectivity index (χ1v) is 9.29. The fourth-order valence-electron chi connectivity index (χ4n) is 3.15. The van der Waals surface area contributed by atoms with Gasteiger partial charge in [-0.25, -0.2) is 9.97 Å². The fraction of sp³-hybridized carbons (Fsp3) is 0.190. The summed E-state index contributed by atoms with van der Waals surface area (Å²) in [6.07, 6.45) is 1.88. The number of carbonyl (C=O) groups is 1. The van der Waals surface area contributed by atoms with Crippen LogP contribution in [0.4, 0.5) is 11.6 Å². The van der Waals surface area contributed by atoms with Crippen LogP contribution in [0.5, 0.6) is 0 Å². The van der Waals surface area contributed by atoms with Crippen molar-refractivity contribution in [3.8, 4) is 0 Å². The number of amides is 1. The lowest BCUT2D eigenvalue weighted by molar-refractivity contribution is 0.0938. The lowest BCUT2D eigenvalue weighted by atomic mass is 10.1. The van der Waals surface area contributed by atoms with E-state index in [-0.39, 0.29) is 11.9 Å². The van der Waals surface area contributed by atoms with E-state index in [0.717, 1.165) is 22.7 Å². The molecule has 4 aromatic rings. The maximum Gasteiger partial charge on any atom is 0.251 e. The van der Waals surface area contributed by atoms with Crippen molar-refractivity contribution in [1.29, 1.82) is 0 Å². The molecule has 0 spiro atoms. The Labute approximate surface area is 168 Å². The summed E-state index contributed by atoms with van der Waals surface area (Å²) in [5.41, 5.74) is 3.76. The molecule has 0 aliphatic carbocycles. The van der Waals surface area contributed by atoms with Gasteiger partial charge in [-0.05, 0) is 57.2 Å². The van der Waals surface area contributed by atoms with E-state index in [1.807, 2.05) is 67.8 Å². The summed E-state index contributed by atoms with van der Waals surface area (Å²) < 4.78 is 1.86. The van der Waals surface area contributed by atoms with E-state index in [0.29, 0.717) is 17.3 Å². The van der Waals surface area contributed by atoms with Gasteiger partial charge in [-0.15, -0.1) is 10.2 Å². The number of carbonyl (C=O) groups excluding carboxylic acids is 1. The van der Waals surface area contributed by atoms with Crippen molar-refractivity contribution in [2.75, 3.05) is 5.32 Å². The third kappa shape index (κ3) is 4.06. The van der Waals surface area contributed by atoms with Crippen LogP contribution in [0, 0.1) is 13.8 Å². The smallest absolute Gasteiger partial charge is 0.251 e. The first-order chi connectivity index (χ1) is 14.0. The van der Waals surface area contributed by atoms with Gasteiger partial charge in [0.2, 0.25) is 5.95 Å². The molecule has 8 heteroatoms. The molecule has 3 aromatic heterocycles. The molecule has 0 aliphatic heterocycles. The van der Waals surface area contributed by atoms with Crippen LogP contribution < -0.4 is 10.6 Å². The minimum absolute atomic E-state index is 0.199. The van der Waals surface area contributed by atoms with Gasteiger partial charge in [0.05, 0.1) is 6.04 Å². The van der Waals surface area contributed by atoms with E-state index in [1.165, 1.54) is 0 Å². The van der Waals surface area contributed by atoms with Crippen molar-refractivity contribution >= 4 is 23.2 Å². The van der Waals surface area contributed by atoms with Gasteiger partial charge < -0.3 is 10.6 Å². The molecule has 146 valence electrons. The van der Waals surface area contributed by atoms with Gasteiger partial charge in [0.15, 0.2) is 11.5 Å². The molecule has 0 saturated heterocycles. The van der Waals surface area contributed by atoms with Gasteiger partial charge in [0.25, 0.3) is 5.91 Å². The Morgan fingerprint density at radius 3 is 2.59 bits per heavy atom. The third-order valence-electron chi connectivity index (χ3n) is 4.44. The van der Waals surface area contributed by atoms with E-state index in [1.54, 1.807) is 12.1 Å². The first-order valence-electron chi connectivity index (χ1n) is 9.29. The van der Waals surface area contributed by atoms with Crippen LogP contribution in [0.2, 0.25) is 0 Å². The average molecular weight is 387 g/mol.